The van der Waals surface area contributed by atoms with Gasteiger partial charge in [0.05, 0.1) is 5.56 Å². The summed E-state index contributed by atoms with van der Waals surface area (Å²) in [5.41, 5.74) is 0.0487. The number of ketones is 1. The van der Waals surface area contributed by atoms with Crippen molar-refractivity contribution in [2.75, 3.05) is 32.8 Å². The lowest BCUT2D eigenvalue weighted by molar-refractivity contribution is 0.0872. The first-order valence-corrected chi connectivity index (χ1v) is 9.74. The van der Waals surface area contributed by atoms with E-state index in [-0.39, 0.29) is 17.0 Å². The van der Waals surface area contributed by atoms with Gasteiger partial charge < -0.3 is 20.7 Å². The molecule has 27 heavy (non-hydrogen) atoms. The van der Waals surface area contributed by atoms with Gasteiger partial charge in [-0.2, -0.15) is 0 Å². The third-order valence-corrected chi connectivity index (χ3v) is 4.67. The zero-order valence-electron chi connectivity index (χ0n) is 16.2. The number of hydrogen-bond acceptors (Lipinski definition) is 5. The van der Waals surface area contributed by atoms with Crippen LogP contribution in [0.15, 0.2) is 12.1 Å². The SMILES string of the molecule is Cc1ccc(C(=O)[C@@]2(NC(=O)NCCCOCC(C)C)CCNC2)c(Cl)n1. The van der Waals surface area contributed by atoms with E-state index in [4.69, 9.17) is 16.3 Å². The lowest BCUT2D eigenvalue weighted by Gasteiger charge is -2.28. The molecule has 150 valence electrons. The molecule has 1 aromatic rings. The summed E-state index contributed by atoms with van der Waals surface area (Å²) in [5, 5.41) is 8.96. The van der Waals surface area contributed by atoms with Crippen molar-refractivity contribution in [3.63, 3.8) is 0 Å². The van der Waals surface area contributed by atoms with E-state index in [1.54, 1.807) is 12.1 Å². The minimum Gasteiger partial charge on any atom is -0.381 e. The molecule has 0 bridgehead atoms. The zero-order chi connectivity index (χ0) is 19.9. The number of hydrogen-bond donors (Lipinski definition) is 3. The molecule has 0 saturated carbocycles. The second-order valence-electron chi connectivity index (χ2n) is 7.33. The molecule has 0 radical (unpaired) electrons. The Morgan fingerprint density at radius 2 is 2.19 bits per heavy atom. The summed E-state index contributed by atoms with van der Waals surface area (Å²) in [6.45, 7) is 8.78. The molecule has 1 fully saturated rings. The molecule has 8 heteroatoms. The van der Waals surface area contributed by atoms with Crippen LogP contribution in [-0.4, -0.2) is 55.2 Å². The van der Waals surface area contributed by atoms with Gasteiger partial charge >= 0.3 is 6.03 Å². The number of Topliss-reactive ketones (excluding diaryl/α,β-unsaturated/α-hetero) is 1. The van der Waals surface area contributed by atoms with E-state index >= 15 is 0 Å². The van der Waals surface area contributed by atoms with Crippen molar-refractivity contribution in [1.82, 2.24) is 20.9 Å². The van der Waals surface area contributed by atoms with E-state index in [1.807, 2.05) is 6.92 Å². The third-order valence-electron chi connectivity index (χ3n) is 4.38. The highest BCUT2D eigenvalue weighted by Crippen LogP contribution is 2.25. The van der Waals surface area contributed by atoms with Gasteiger partial charge in [-0.25, -0.2) is 9.78 Å². The Kier molecular flexibility index (Phi) is 8.01. The average Bonchev–Trinajstić information content (AvgIpc) is 3.07. The van der Waals surface area contributed by atoms with Gasteiger partial charge in [0.2, 0.25) is 0 Å². The van der Waals surface area contributed by atoms with Crippen molar-refractivity contribution in [2.45, 2.75) is 39.2 Å². The summed E-state index contributed by atoms with van der Waals surface area (Å²) in [6, 6.07) is 3.04. The molecule has 2 amide bonds. The first-order chi connectivity index (χ1) is 12.8. The number of nitrogens with one attached hydrogen (secondary N) is 3. The maximum absolute atomic E-state index is 13.1. The second-order valence-corrected chi connectivity index (χ2v) is 7.69. The highest BCUT2D eigenvalue weighted by atomic mass is 35.5. The molecule has 1 aliphatic rings. The first-order valence-electron chi connectivity index (χ1n) is 9.36. The maximum Gasteiger partial charge on any atom is 0.315 e. The Balaban J connectivity index is 1.92. The van der Waals surface area contributed by atoms with Gasteiger partial charge in [0, 0.05) is 32.0 Å². The van der Waals surface area contributed by atoms with E-state index in [9.17, 15) is 9.59 Å². The van der Waals surface area contributed by atoms with Crippen LogP contribution in [0.25, 0.3) is 0 Å². The quantitative estimate of drug-likeness (QED) is 0.338. The summed E-state index contributed by atoms with van der Waals surface area (Å²) in [7, 11) is 0. The van der Waals surface area contributed by atoms with E-state index in [1.165, 1.54) is 0 Å². The molecule has 0 aromatic carbocycles. The van der Waals surface area contributed by atoms with Crippen molar-refractivity contribution in [3.8, 4) is 0 Å². The summed E-state index contributed by atoms with van der Waals surface area (Å²) in [6.07, 6.45) is 1.22. The third kappa shape index (κ3) is 6.16. The molecule has 2 heterocycles. The standard InChI is InChI=1S/C19H29ClN4O3/c1-13(2)11-27-10-4-8-22-18(26)24-19(7-9-21-12-19)16(25)15-6-5-14(3)23-17(15)20/h5-6,13,21H,4,7-12H2,1-3H3,(H2,22,24,26)/t19-/m1/s1. The van der Waals surface area contributed by atoms with Crippen LogP contribution in [0, 0.1) is 12.8 Å². The molecule has 0 aliphatic carbocycles. The smallest absolute Gasteiger partial charge is 0.315 e. The summed E-state index contributed by atoms with van der Waals surface area (Å²) >= 11 is 6.16. The number of urea groups is 1. The van der Waals surface area contributed by atoms with Gasteiger partial charge in [0.1, 0.15) is 10.7 Å². The number of pyridine rings is 1. The van der Waals surface area contributed by atoms with Crippen molar-refractivity contribution < 1.29 is 14.3 Å². The van der Waals surface area contributed by atoms with E-state index in [0.29, 0.717) is 57.2 Å². The van der Waals surface area contributed by atoms with Crippen LogP contribution in [0.4, 0.5) is 4.79 Å². The molecule has 0 unspecified atom stereocenters. The second kappa shape index (κ2) is 10.0. The van der Waals surface area contributed by atoms with Crippen LogP contribution in [-0.2, 0) is 4.74 Å². The predicted molar refractivity (Wildman–Crippen MR) is 105 cm³/mol. The van der Waals surface area contributed by atoms with Crippen molar-refractivity contribution >= 4 is 23.4 Å². The molecule has 1 aliphatic heterocycles. The highest BCUT2D eigenvalue weighted by Gasteiger charge is 2.43. The predicted octanol–water partition coefficient (Wildman–Crippen LogP) is 2.32. The van der Waals surface area contributed by atoms with Crippen LogP contribution < -0.4 is 16.0 Å². The Labute approximate surface area is 165 Å². The van der Waals surface area contributed by atoms with E-state index < -0.39 is 5.54 Å². The molecule has 1 saturated heterocycles. The number of carbonyl (C=O) groups is 2. The number of rotatable bonds is 9. The molecular weight excluding hydrogens is 368 g/mol. The Morgan fingerprint density at radius 3 is 2.81 bits per heavy atom. The number of aromatic nitrogens is 1. The van der Waals surface area contributed by atoms with Crippen molar-refractivity contribution in [3.05, 3.63) is 28.5 Å². The normalized spacial score (nSPS) is 19.3. The van der Waals surface area contributed by atoms with Gasteiger partial charge in [0.25, 0.3) is 0 Å². The van der Waals surface area contributed by atoms with E-state index in [0.717, 1.165) is 5.69 Å². The van der Waals surface area contributed by atoms with E-state index in [2.05, 4.69) is 34.8 Å². The fourth-order valence-corrected chi connectivity index (χ4v) is 3.24. The number of carbonyl (C=O) groups excluding carboxylic acids is 2. The number of ether oxygens (including phenoxy) is 1. The van der Waals surface area contributed by atoms with Gasteiger partial charge in [-0.3, -0.25) is 4.79 Å². The van der Waals surface area contributed by atoms with Crippen LogP contribution in [0.5, 0.6) is 0 Å². The van der Waals surface area contributed by atoms with Crippen LogP contribution >= 0.6 is 11.6 Å². The Bertz CT molecular complexity index is 660. The van der Waals surface area contributed by atoms with Gasteiger partial charge in [-0.15, -0.1) is 0 Å². The van der Waals surface area contributed by atoms with Crippen LogP contribution in [0.2, 0.25) is 5.15 Å². The molecule has 3 N–H and O–H groups in total. The fraction of sp³-hybridized carbons (Fsp3) is 0.632. The summed E-state index contributed by atoms with van der Waals surface area (Å²) in [4.78, 5) is 29.6. The van der Waals surface area contributed by atoms with Crippen LogP contribution in [0.3, 0.4) is 0 Å². The molecule has 1 aromatic heterocycles. The van der Waals surface area contributed by atoms with Gasteiger partial charge in [0.15, 0.2) is 5.78 Å². The fourth-order valence-electron chi connectivity index (χ4n) is 2.96. The monoisotopic (exact) mass is 396 g/mol. The topological polar surface area (TPSA) is 92.4 Å². The average molecular weight is 397 g/mol. The molecular formula is C19H29ClN4O3. The minimum absolute atomic E-state index is 0.163. The zero-order valence-corrected chi connectivity index (χ0v) is 17.0. The van der Waals surface area contributed by atoms with Gasteiger partial charge in [-0.1, -0.05) is 25.4 Å². The molecule has 2 rings (SSSR count). The highest BCUT2D eigenvalue weighted by molar-refractivity contribution is 6.33. The summed E-state index contributed by atoms with van der Waals surface area (Å²) < 4.78 is 5.49. The lowest BCUT2D eigenvalue weighted by atomic mass is 9.89. The summed E-state index contributed by atoms with van der Waals surface area (Å²) in [5.74, 6) is 0.269. The van der Waals surface area contributed by atoms with Crippen molar-refractivity contribution in [1.29, 1.82) is 0 Å². The lowest BCUT2D eigenvalue weighted by Crippen LogP contribution is -2.58. The Morgan fingerprint density at radius 1 is 1.41 bits per heavy atom. The van der Waals surface area contributed by atoms with Crippen molar-refractivity contribution in [2.24, 2.45) is 5.92 Å². The Hall–Kier alpha value is -1.70. The first kappa shape index (κ1) is 21.6. The van der Waals surface area contributed by atoms with Gasteiger partial charge in [-0.05, 0) is 44.4 Å². The van der Waals surface area contributed by atoms with Crippen LogP contribution in [0.1, 0.15) is 42.7 Å². The minimum atomic E-state index is -1.02. The number of nitrogens with zero attached hydrogens (tertiary/aromatic N) is 1. The number of aryl methyl sites for hydroxylation is 1. The largest absolute Gasteiger partial charge is 0.381 e. The molecule has 0 spiro atoms. The maximum atomic E-state index is 13.1. The number of amides is 2. The molecule has 1 atom stereocenters. The number of halogens is 1. The molecule has 7 nitrogen and oxygen atoms in total.